The van der Waals surface area contributed by atoms with Gasteiger partial charge >= 0.3 is 7.12 Å². The third kappa shape index (κ3) is 2.05. The van der Waals surface area contributed by atoms with E-state index >= 15 is 0 Å². The number of ether oxygens (including phenoxy) is 1. The smallest absolute Gasteiger partial charge is 0.487 e. The van der Waals surface area contributed by atoms with Crippen LogP contribution in [0, 0.1) is 5.82 Å². The first kappa shape index (κ1) is 9.49. The highest BCUT2D eigenvalue weighted by atomic mass is 19.1. The highest BCUT2D eigenvalue weighted by Gasteiger charge is 2.25. The molecule has 0 radical (unpaired) electrons. The summed E-state index contributed by atoms with van der Waals surface area (Å²) >= 11 is 0. The summed E-state index contributed by atoms with van der Waals surface area (Å²) in [6.07, 6.45) is 2.06. The van der Waals surface area contributed by atoms with Gasteiger partial charge < -0.3 is 14.8 Å². The maximum absolute atomic E-state index is 13.3. The number of rotatable bonds is 3. The van der Waals surface area contributed by atoms with E-state index in [1.165, 1.54) is 12.1 Å². The highest BCUT2D eigenvalue weighted by Crippen LogP contribution is 2.27. The van der Waals surface area contributed by atoms with E-state index in [4.69, 9.17) is 14.8 Å². The second-order valence-corrected chi connectivity index (χ2v) is 3.38. The average molecular weight is 196 g/mol. The zero-order valence-electron chi connectivity index (χ0n) is 7.48. The third-order valence-corrected chi connectivity index (χ3v) is 2.07. The molecule has 1 saturated carbocycles. The standard InChI is InChI=1S/C9H10BFO3/c11-8-5-6(10(12)13)1-4-9(8)14-7-2-3-7/h1,4-5,7,12-13H,2-3H2. The van der Waals surface area contributed by atoms with E-state index in [-0.39, 0.29) is 17.3 Å². The fourth-order valence-corrected chi connectivity index (χ4v) is 1.14. The molecule has 2 N–H and O–H groups in total. The van der Waals surface area contributed by atoms with E-state index < -0.39 is 12.9 Å². The molecule has 0 aliphatic heterocycles. The van der Waals surface area contributed by atoms with Crippen molar-refractivity contribution in [3.8, 4) is 5.75 Å². The van der Waals surface area contributed by atoms with Crippen LogP contribution in [-0.2, 0) is 0 Å². The molecule has 2 rings (SSSR count). The Kier molecular flexibility index (Phi) is 2.43. The predicted molar refractivity (Wildman–Crippen MR) is 49.9 cm³/mol. The summed E-state index contributed by atoms with van der Waals surface area (Å²) in [5, 5.41) is 17.6. The van der Waals surface area contributed by atoms with Crippen LogP contribution < -0.4 is 10.2 Å². The van der Waals surface area contributed by atoms with Crippen LogP contribution in [0.3, 0.4) is 0 Å². The zero-order valence-corrected chi connectivity index (χ0v) is 7.48. The summed E-state index contributed by atoms with van der Waals surface area (Å²) in [4.78, 5) is 0. The van der Waals surface area contributed by atoms with Gasteiger partial charge in [-0.1, -0.05) is 6.07 Å². The van der Waals surface area contributed by atoms with Crippen molar-refractivity contribution < 1.29 is 19.2 Å². The van der Waals surface area contributed by atoms with Gasteiger partial charge in [-0.05, 0) is 30.4 Å². The van der Waals surface area contributed by atoms with Gasteiger partial charge in [0.1, 0.15) is 0 Å². The quantitative estimate of drug-likeness (QED) is 0.671. The van der Waals surface area contributed by atoms with E-state index in [0.717, 1.165) is 18.9 Å². The molecule has 1 aromatic rings. The number of benzene rings is 1. The van der Waals surface area contributed by atoms with Crippen molar-refractivity contribution >= 4 is 12.6 Å². The van der Waals surface area contributed by atoms with Crippen molar-refractivity contribution in [2.24, 2.45) is 0 Å². The molecule has 3 nitrogen and oxygen atoms in total. The van der Waals surface area contributed by atoms with Gasteiger partial charge in [0.2, 0.25) is 0 Å². The largest absolute Gasteiger partial charge is 0.488 e. The third-order valence-electron chi connectivity index (χ3n) is 2.07. The second-order valence-electron chi connectivity index (χ2n) is 3.38. The molecule has 0 saturated heterocycles. The zero-order chi connectivity index (χ0) is 10.1. The van der Waals surface area contributed by atoms with Crippen LogP contribution in [-0.4, -0.2) is 23.3 Å². The fraction of sp³-hybridized carbons (Fsp3) is 0.333. The highest BCUT2D eigenvalue weighted by molar-refractivity contribution is 6.58. The normalized spacial score (nSPS) is 15.4. The molecular formula is C9H10BFO3. The van der Waals surface area contributed by atoms with Gasteiger partial charge in [-0.2, -0.15) is 0 Å². The van der Waals surface area contributed by atoms with Crippen molar-refractivity contribution in [3.63, 3.8) is 0 Å². The molecule has 1 aromatic carbocycles. The Balaban J connectivity index is 2.17. The Morgan fingerprint density at radius 2 is 2.07 bits per heavy atom. The molecule has 0 unspecified atom stereocenters. The molecule has 0 spiro atoms. The Morgan fingerprint density at radius 1 is 1.36 bits per heavy atom. The van der Waals surface area contributed by atoms with E-state index in [0.29, 0.717) is 0 Å². The summed E-state index contributed by atoms with van der Waals surface area (Å²) in [5.74, 6) is -0.376. The first-order valence-electron chi connectivity index (χ1n) is 4.49. The number of halogens is 1. The monoisotopic (exact) mass is 196 g/mol. The lowest BCUT2D eigenvalue weighted by atomic mass is 9.80. The molecule has 1 aliphatic rings. The minimum absolute atomic E-state index is 0.130. The molecule has 5 heteroatoms. The van der Waals surface area contributed by atoms with Crippen LogP contribution in [0.5, 0.6) is 5.75 Å². The Labute approximate surface area is 81.3 Å². The van der Waals surface area contributed by atoms with Crippen LogP contribution >= 0.6 is 0 Å². The van der Waals surface area contributed by atoms with Gasteiger partial charge in [0.05, 0.1) is 6.10 Å². The van der Waals surface area contributed by atoms with Gasteiger partial charge in [-0.25, -0.2) is 4.39 Å². The number of hydrogen-bond donors (Lipinski definition) is 2. The molecule has 0 bridgehead atoms. The maximum Gasteiger partial charge on any atom is 0.488 e. The molecule has 0 atom stereocenters. The maximum atomic E-state index is 13.3. The SMILES string of the molecule is OB(O)c1ccc(OC2CC2)c(F)c1. The molecule has 0 aromatic heterocycles. The number of hydrogen-bond acceptors (Lipinski definition) is 3. The van der Waals surface area contributed by atoms with Gasteiger partial charge in [0.25, 0.3) is 0 Å². The molecule has 1 fully saturated rings. The van der Waals surface area contributed by atoms with Crippen LogP contribution in [0.4, 0.5) is 4.39 Å². The minimum Gasteiger partial charge on any atom is -0.487 e. The van der Waals surface area contributed by atoms with E-state index in [9.17, 15) is 4.39 Å². The second kappa shape index (κ2) is 3.59. The molecule has 0 amide bonds. The van der Waals surface area contributed by atoms with Crippen molar-refractivity contribution in [1.29, 1.82) is 0 Å². The first-order chi connectivity index (χ1) is 6.66. The van der Waals surface area contributed by atoms with Crippen molar-refractivity contribution in [3.05, 3.63) is 24.0 Å². The van der Waals surface area contributed by atoms with Crippen LogP contribution in [0.25, 0.3) is 0 Å². The van der Waals surface area contributed by atoms with Gasteiger partial charge in [0, 0.05) is 0 Å². The van der Waals surface area contributed by atoms with Gasteiger partial charge in [0.15, 0.2) is 11.6 Å². The van der Waals surface area contributed by atoms with Gasteiger partial charge in [-0.3, -0.25) is 0 Å². The average Bonchev–Trinajstić information content (AvgIpc) is 2.92. The van der Waals surface area contributed by atoms with Crippen molar-refractivity contribution in [2.75, 3.05) is 0 Å². The lowest BCUT2D eigenvalue weighted by Gasteiger charge is -2.06. The summed E-state index contributed by atoms with van der Waals surface area (Å²) in [7, 11) is -1.64. The Bertz CT molecular complexity index is 339. The van der Waals surface area contributed by atoms with E-state index in [1.807, 2.05) is 0 Å². The molecule has 14 heavy (non-hydrogen) atoms. The van der Waals surface area contributed by atoms with Crippen LogP contribution in [0.1, 0.15) is 12.8 Å². The minimum atomic E-state index is -1.64. The van der Waals surface area contributed by atoms with Crippen molar-refractivity contribution in [1.82, 2.24) is 0 Å². The Hall–Kier alpha value is -1.07. The fourth-order valence-electron chi connectivity index (χ4n) is 1.14. The molecular weight excluding hydrogens is 186 g/mol. The van der Waals surface area contributed by atoms with E-state index in [1.54, 1.807) is 0 Å². The predicted octanol–water partition coefficient (Wildman–Crippen LogP) is 0.0467. The van der Waals surface area contributed by atoms with E-state index in [2.05, 4.69) is 0 Å². The van der Waals surface area contributed by atoms with Crippen LogP contribution in [0.2, 0.25) is 0 Å². The summed E-state index contributed by atoms with van der Waals surface area (Å²) in [6, 6.07) is 3.93. The topological polar surface area (TPSA) is 49.7 Å². The summed E-state index contributed by atoms with van der Waals surface area (Å²) in [6.45, 7) is 0. The summed E-state index contributed by atoms with van der Waals surface area (Å²) in [5.41, 5.74) is 0.130. The summed E-state index contributed by atoms with van der Waals surface area (Å²) < 4.78 is 18.5. The first-order valence-corrected chi connectivity index (χ1v) is 4.49. The lowest BCUT2D eigenvalue weighted by Crippen LogP contribution is -2.30. The molecule has 74 valence electrons. The Morgan fingerprint density at radius 3 is 2.57 bits per heavy atom. The molecule has 0 heterocycles. The van der Waals surface area contributed by atoms with Crippen molar-refractivity contribution in [2.45, 2.75) is 18.9 Å². The lowest BCUT2D eigenvalue weighted by molar-refractivity contribution is 0.287. The van der Waals surface area contributed by atoms with Gasteiger partial charge in [-0.15, -0.1) is 0 Å². The van der Waals surface area contributed by atoms with Crippen LogP contribution in [0.15, 0.2) is 18.2 Å². The molecule has 1 aliphatic carbocycles.